The van der Waals surface area contributed by atoms with Crippen LogP contribution in [0, 0.1) is 5.92 Å². The van der Waals surface area contributed by atoms with E-state index in [0.29, 0.717) is 36.6 Å². The molecule has 2 aromatic carbocycles. The highest BCUT2D eigenvalue weighted by Crippen LogP contribution is 2.34. The molecule has 1 amide bonds. The Morgan fingerprint density at radius 2 is 1.89 bits per heavy atom. The van der Waals surface area contributed by atoms with Gasteiger partial charge in [0, 0.05) is 24.8 Å². The van der Waals surface area contributed by atoms with E-state index in [-0.39, 0.29) is 30.9 Å². The van der Waals surface area contributed by atoms with Crippen molar-refractivity contribution in [1.82, 2.24) is 4.31 Å². The molecule has 1 fully saturated rings. The lowest BCUT2D eigenvalue weighted by molar-refractivity contribution is -0.120. The van der Waals surface area contributed by atoms with Crippen LogP contribution in [0.3, 0.4) is 0 Å². The molecule has 0 aromatic heterocycles. The maximum absolute atomic E-state index is 12.8. The highest BCUT2D eigenvalue weighted by molar-refractivity contribution is 7.88. The van der Waals surface area contributed by atoms with Crippen molar-refractivity contribution in [3.63, 3.8) is 0 Å². The molecule has 2 heterocycles. The van der Waals surface area contributed by atoms with Gasteiger partial charge in [0.2, 0.25) is 22.7 Å². The molecule has 0 saturated carbocycles. The van der Waals surface area contributed by atoms with Crippen molar-refractivity contribution in [2.45, 2.75) is 18.6 Å². The number of hydrogen-bond donors (Lipinski definition) is 1. The average Bonchev–Trinajstić information content (AvgIpc) is 3.16. The maximum atomic E-state index is 12.8. The van der Waals surface area contributed by atoms with Crippen molar-refractivity contribution in [3.05, 3.63) is 54.1 Å². The molecule has 0 spiro atoms. The van der Waals surface area contributed by atoms with Crippen LogP contribution < -0.4 is 14.8 Å². The van der Waals surface area contributed by atoms with E-state index in [0.717, 1.165) is 5.56 Å². The summed E-state index contributed by atoms with van der Waals surface area (Å²) in [4.78, 5) is 12.7. The van der Waals surface area contributed by atoms with Crippen molar-refractivity contribution < 1.29 is 22.7 Å². The third-order valence-electron chi connectivity index (χ3n) is 4.98. The number of rotatable bonds is 5. The fraction of sp³-hybridized carbons (Fsp3) is 0.350. The van der Waals surface area contributed by atoms with Crippen LogP contribution in [-0.4, -0.2) is 38.5 Å². The molecule has 28 heavy (non-hydrogen) atoms. The molecule has 4 rings (SSSR count). The number of amides is 1. The number of anilines is 1. The minimum absolute atomic E-state index is 0.0512. The van der Waals surface area contributed by atoms with E-state index in [2.05, 4.69) is 5.32 Å². The minimum Gasteiger partial charge on any atom is -0.454 e. The lowest BCUT2D eigenvalue weighted by Crippen LogP contribution is -2.44. The summed E-state index contributed by atoms with van der Waals surface area (Å²) in [7, 11) is -3.47. The van der Waals surface area contributed by atoms with E-state index in [1.54, 1.807) is 30.3 Å². The molecule has 148 valence electrons. The lowest BCUT2D eigenvalue weighted by atomic mass is 9.98. The van der Waals surface area contributed by atoms with Crippen LogP contribution in [0.25, 0.3) is 0 Å². The van der Waals surface area contributed by atoms with Gasteiger partial charge in [0.1, 0.15) is 0 Å². The van der Waals surface area contributed by atoms with E-state index in [1.165, 1.54) is 4.31 Å². The zero-order valence-electron chi connectivity index (χ0n) is 15.3. The SMILES string of the molecule is O=C(Nc1ccc2c(c1)OCO2)[C@@H]1CCCN(S(=O)(=O)Cc2ccccc2)C1. The summed E-state index contributed by atoms with van der Waals surface area (Å²) in [5.74, 6) is 0.621. The zero-order valence-corrected chi connectivity index (χ0v) is 16.2. The van der Waals surface area contributed by atoms with Crippen molar-refractivity contribution in [2.75, 3.05) is 25.2 Å². The van der Waals surface area contributed by atoms with Gasteiger partial charge >= 0.3 is 0 Å². The van der Waals surface area contributed by atoms with Gasteiger partial charge in [-0.3, -0.25) is 4.79 Å². The van der Waals surface area contributed by atoms with Gasteiger partial charge in [0.15, 0.2) is 11.5 Å². The number of benzene rings is 2. The van der Waals surface area contributed by atoms with E-state index >= 15 is 0 Å². The summed E-state index contributed by atoms with van der Waals surface area (Å²) in [6, 6.07) is 14.3. The Labute approximate surface area is 164 Å². The second-order valence-corrected chi connectivity index (χ2v) is 8.97. The molecular weight excluding hydrogens is 380 g/mol. The van der Waals surface area contributed by atoms with Crippen molar-refractivity contribution in [2.24, 2.45) is 5.92 Å². The highest BCUT2D eigenvalue weighted by atomic mass is 32.2. The molecule has 0 radical (unpaired) electrons. The van der Waals surface area contributed by atoms with E-state index in [1.807, 2.05) is 18.2 Å². The summed E-state index contributed by atoms with van der Waals surface area (Å²) < 4.78 is 37.6. The molecule has 2 aliphatic heterocycles. The Morgan fingerprint density at radius 3 is 2.71 bits per heavy atom. The number of ether oxygens (including phenoxy) is 2. The van der Waals surface area contributed by atoms with Crippen molar-refractivity contribution >= 4 is 21.6 Å². The standard InChI is InChI=1S/C20H22N2O5S/c23-20(21-17-8-9-18-19(11-17)27-14-26-18)16-7-4-10-22(12-16)28(24,25)13-15-5-2-1-3-6-15/h1-3,5-6,8-9,11,16H,4,7,10,12-14H2,(H,21,23)/t16-/m1/s1. The molecule has 1 N–H and O–H groups in total. The summed E-state index contributed by atoms with van der Waals surface area (Å²) >= 11 is 0. The van der Waals surface area contributed by atoms with Crippen molar-refractivity contribution in [1.29, 1.82) is 0 Å². The van der Waals surface area contributed by atoms with Crippen LogP contribution in [0.1, 0.15) is 18.4 Å². The Bertz CT molecular complexity index is 962. The predicted octanol–water partition coefficient (Wildman–Crippen LogP) is 2.60. The monoisotopic (exact) mass is 402 g/mol. The zero-order chi connectivity index (χ0) is 19.6. The molecule has 0 aliphatic carbocycles. The van der Waals surface area contributed by atoms with Gasteiger partial charge < -0.3 is 14.8 Å². The molecule has 8 heteroatoms. The first-order valence-electron chi connectivity index (χ1n) is 9.23. The topological polar surface area (TPSA) is 84.9 Å². The largest absolute Gasteiger partial charge is 0.454 e. The molecule has 2 aromatic rings. The van der Waals surface area contributed by atoms with Gasteiger partial charge in [-0.25, -0.2) is 12.7 Å². The van der Waals surface area contributed by atoms with Gasteiger partial charge in [-0.1, -0.05) is 30.3 Å². The summed E-state index contributed by atoms with van der Waals surface area (Å²) in [5.41, 5.74) is 1.35. The van der Waals surface area contributed by atoms with Gasteiger partial charge in [-0.15, -0.1) is 0 Å². The van der Waals surface area contributed by atoms with Crippen LogP contribution in [0.4, 0.5) is 5.69 Å². The molecular formula is C20H22N2O5S. The van der Waals surface area contributed by atoms with Crippen LogP contribution >= 0.6 is 0 Å². The number of hydrogen-bond acceptors (Lipinski definition) is 5. The minimum atomic E-state index is -3.47. The van der Waals surface area contributed by atoms with Crippen LogP contribution in [-0.2, 0) is 20.6 Å². The van der Waals surface area contributed by atoms with E-state index < -0.39 is 10.0 Å². The first kappa shape index (κ1) is 18.8. The fourth-order valence-corrected chi connectivity index (χ4v) is 5.11. The molecule has 0 unspecified atom stereocenters. The molecule has 1 atom stereocenters. The van der Waals surface area contributed by atoms with Gasteiger partial charge in [-0.2, -0.15) is 0 Å². The third kappa shape index (κ3) is 4.13. The lowest BCUT2D eigenvalue weighted by Gasteiger charge is -2.31. The first-order valence-corrected chi connectivity index (χ1v) is 10.8. The Kier molecular flexibility index (Phi) is 5.23. The number of carbonyl (C=O) groups excluding carboxylic acids is 1. The molecule has 1 saturated heterocycles. The molecule has 7 nitrogen and oxygen atoms in total. The number of fused-ring (bicyclic) bond motifs is 1. The molecule has 2 aliphatic rings. The third-order valence-corrected chi connectivity index (χ3v) is 6.80. The normalized spacial score (nSPS) is 19.4. The van der Waals surface area contributed by atoms with Gasteiger partial charge in [0.25, 0.3) is 0 Å². The quantitative estimate of drug-likeness (QED) is 0.831. The Morgan fingerprint density at radius 1 is 1.11 bits per heavy atom. The highest BCUT2D eigenvalue weighted by Gasteiger charge is 2.32. The van der Waals surface area contributed by atoms with Crippen LogP contribution in [0.15, 0.2) is 48.5 Å². The van der Waals surface area contributed by atoms with E-state index in [4.69, 9.17) is 9.47 Å². The second-order valence-electron chi connectivity index (χ2n) is 7.00. The summed E-state index contributed by atoms with van der Waals surface area (Å²) in [6.45, 7) is 0.818. The van der Waals surface area contributed by atoms with Crippen molar-refractivity contribution in [3.8, 4) is 11.5 Å². The number of nitrogens with zero attached hydrogens (tertiary/aromatic N) is 1. The van der Waals surface area contributed by atoms with Gasteiger partial charge in [0.05, 0.1) is 11.7 Å². The second kappa shape index (κ2) is 7.81. The predicted molar refractivity (Wildman–Crippen MR) is 105 cm³/mol. The maximum Gasteiger partial charge on any atom is 0.231 e. The molecule has 0 bridgehead atoms. The van der Waals surface area contributed by atoms with Crippen LogP contribution in [0.5, 0.6) is 11.5 Å². The number of sulfonamides is 1. The van der Waals surface area contributed by atoms with E-state index in [9.17, 15) is 13.2 Å². The Balaban J connectivity index is 1.41. The first-order chi connectivity index (χ1) is 13.5. The number of piperidine rings is 1. The number of carbonyl (C=O) groups is 1. The Hall–Kier alpha value is -2.58. The summed E-state index contributed by atoms with van der Waals surface area (Å²) in [6.07, 6.45) is 1.32. The van der Waals surface area contributed by atoms with Gasteiger partial charge in [-0.05, 0) is 30.5 Å². The average molecular weight is 402 g/mol. The fourth-order valence-electron chi connectivity index (χ4n) is 3.50. The van der Waals surface area contributed by atoms with Crippen LogP contribution in [0.2, 0.25) is 0 Å². The number of nitrogens with one attached hydrogen (secondary N) is 1. The summed E-state index contributed by atoms with van der Waals surface area (Å²) in [5, 5.41) is 2.87. The smallest absolute Gasteiger partial charge is 0.231 e.